The molecule has 0 bridgehead atoms. The Balaban J connectivity index is 1.35. The number of nitrogens with one attached hydrogen (secondary N) is 1. The molecule has 0 aromatic carbocycles. The third-order valence-electron chi connectivity index (χ3n) is 7.06. The number of aromatic nitrogens is 4. The highest BCUT2D eigenvalue weighted by atomic mass is 79.9. The van der Waals surface area contributed by atoms with E-state index in [0.29, 0.717) is 48.1 Å². The Morgan fingerprint density at radius 2 is 1.82 bits per heavy atom. The highest BCUT2D eigenvalue weighted by Crippen LogP contribution is 2.32. The van der Waals surface area contributed by atoms with Crippen molar-refractivity contribution in [2.75, 3.05) is 36.4 Å². The summed E-state index contributed by atoms with van der Waals surface area (Å²) in [6, 6.07) is 5.89. The molecular formula is C27H34BrN7O3. The van der Waals surface area contributed by atoms with Gasteiger partial charge >= 0.3 is 6.09 Å². The predicted molar refractivity (Wildman–Crippen MR) is 151 cm³/mol. The largest absolute Gasteiger partial charge is 0.444 e. The van der Waals surface area contributed by atoms with Gasteiger partial charge in [-0.1, -0.05) is 18.9 Å². The molecule has 0 spiro atoms. The van der Waals surface area contributed by atoms with Gasteiger partial charge < -0.3 is 19.9 Å². The Morgan fingerprint density at radius 1 is 1.11 bits per heavy atom. The zero-order chi connectivity index (χ0) is 27.0. The lowest BCUT2D eigenvalue weighted by Crippen LogP contribution is -2.50. The fourth-order valence-electron chi connectivity index (χ4n) is 5.09. The van der Waals surface area contributed by atoms with E-state index in [1.807, 2.05) is 50.5 Å². The minimum absolute atomic E-state index is 0.0443. The van der Waals surface area contributed by atoms with Crippen LogP contribution in [0.4, 0.5) is 22.4 Å². The van der Waals surface area contributed by atoms with Crippen molar-refractivity contribution in [1.29, 1.82) is 0 Å². The summed E-state index contributed by atoms with van der Waals surface area (Å²) in [5.41, 5.74) is 0.935. The molecule has 1 saturated heterocycles. The maximum atomic E-state index is 13.2. The van der Waals surface area contributed by atoms with Gasteiger partial charge in [0.1, 0.15) is 22.9 Å². The molecule has 38 heavy (non-hydrogen) atoms. The van der Waals surface area contributed by atoms with Crippen molar-refractivity contribution in [3.63, 3.8) is 0 Å². The van der Waals surface area contributed by atoms with Gasteiger partial charge in [-0.05, 0) is 74.2 Å². The first-order valence-electron chi connectivity index (χ1n) is 13.1. The van der Waals surface area contributed by atoms with Gasteiger partial charge in [0, 0.05) is 43.8 Å². The topological polar surface area (TPSA) is 105 Å². The van der Waals surface area contributed by atoms with Gasteiger partial charge in [0.05, 0.1) is 4.47 Å². The molecule has 1 aliphatic carbocycles. The van der Waals surface area contributed by atoms with Crippen molar-refractivity contribution in [3.8, 4) is 0 Å². The van der Waals surface area contributed by atoms with Crippen molar-refractivity contribution >= 4 is 50.6 Å². The van der Waals surface area contributed by atoms with Crippen LogP contribution in [0.3, 0.4) is 0 Å². The third-order valence-corrected chi connectivity index (χ3v) is 7.99. The summed E-state index contributed by atoms with van der Waals surface area (Å²) in [5, 5.41) is 4.09. The van der Waals surface area contributed by atoms with E-state index in [1.54, 1.807) is 11.1 Å². The lowest BCUT2D eigenvalue weighted by atomic mass is 10.1. The molecule has 1 saturated carbocycles. The molecule has 1 N–H and O–H groups in total. The number of hydrogen-bond acceptors (Lipinski definition) is 8. The Bertz CT molecular complexity index is 1400. The molecule has 1 aliphatic heterocycles. The monoisotopic (exact) mass is 583 g/mol. The Morgan fingerprint density at radius 3 is 2.50 bits per heavy atom. The van der Waals surface area contributed by atoms with E-state index in [2.05, 4.69) is 31.1 Å². The zero-order valence-corrected chi connectivity index (χ0v) is 23.9. The molecule has 0 unspecified atom stereocenters. The van der Waals surface area contributed by atoms with E-state index in [-0.39, 0.29) is 17.7 Å². The maximum Gasteiger partial charge on any atom is 0.410 e. The number of carbonyl (C=O) groups is 1. The van der Waals surface area contributed by atoms with Gasteiger partial charge in [0.2, 0.25) is 5.95 Å². The average molecular weight is 585 g/mol. The molecule has 3 aromatic rings. The first-order chi connectivity index (χ1) is 18.1. The van der Waals surface area contributed by atoms with Gasteiger partial charge in [-0.2, -0.15) is 4.98 Å². The second kappa shape index (κ2) is 10.5. The molecule has 0 atom stereocenters. The molecule has 2 fully saturated rings. The van der Waals surface area contributed by atoms with Crippen LogP contribution in [0.1, 0.15) is 58.1 Å². The number of amides is 1. The minimum atomic E-state index is -0.512. The van der Waals surface area contributed by atoms with E-state index >= 15 is 0 Å². The van der Waals surface area contributed by atoms with Crippen LogP contribution in [0, 0.1) is 6.92 Å². The number of anilines is 3. The Hall–Kier alpha value is -3.21. The van der Waals surface area contributed by atoms with Gasteiger partial charge in [-0.15, -0.1) is 0 Å². The van der Waals surface area contributed by atoms with Gasteiger partial charge in [-0.25, -0.2) is 14.8 Å². The van der Waals surface area contributed by atoms with E-state index in [9.17, 15) is 9.59 Å². The zero-order valence-electron chi connectivity index (χ0n) is 22.3. The van der Waals surface area contributed by atoms with Crippen LogP contribution < -0.4 is 15.8 Å². The summed E-state index contributed by atoms with van der Waals surface area (Å²) < 4.78 is 7.91. The number of carbonyl (C=O) groups excluding carboxylic acids is 1. The second-order valence-corrected chi connectivity index (χ2v) is 11.7. The second-order valence-electron chi connectivity index (χ2n) is 10.9. The summed E-state index contributed by atoms with van der Waals surface area (Å²) in [5.74, 6) is 1.81. The normalized spacial score (nSPS) is 16.8. The van der Waals surface area contributed by atoms with Crippen LogP contribution in [0.25, 0.3) is 11.0 Å². The summed E-state index contributed by atoms with van der Waals surface area (Å²) in [6.07, 6.45) is 5.67. The lowest BCUT2D eigenvalue weighted by molar-refractivity contribution is 0.0240. The first kappa shape index (κ1) is 26.4. The number of fused-ring (bicyclic) bond motifs is 1. The van der Waals surface area contributed by atoms with E-state index in [1.165, 1.54) is 0 Å². The summed E-state index contributed by atoms with van der Waals surface area (Å²) >= 11 is 3.49. The van der Waals surface area contributed by atoms with Crippen LogP contribution >= 0.6 is 15.9 Å². The highest BCUT2D eigenvalue weighted by molar-refractivity contribution is 9.10. The first-order valence-corrected chi connectivity index (χ1v) is 13.9. The van der Waals surface area contributed by atoms with Crippen molar-refractivity contribution in [2.45, 2.75) is 65.0 Å². The minimum Gasteiger partial charge on any atom is -0.444 e. The van der Waals surface area contributed by atoms with Crippen LogP contribution in [0.15, 0.2) is 33.7 Å². The maximum absolute atomic E-state index is 13.2. The number of halogens is 1. The number of piperazine rings is 1. The highest BCUT2D eigenvalue weighted by Gasteiger charge is 2.27. The summed E-state index contributed by atoms with van der Waals surface area (Å²) in [7, 11) is 0. The van der Waals surface area contributed by atoms with Gasteiger partial charge in [0.25, 0.3) is 5.56 Å². The molecule has 5 rings (SSSR count). The average Bonchev–Trinajstić information content (AvgIpc) is 3.41. The van der Waals surface area contributed by atoms with Crippen LogP contribution in [-0.4, -0.2) is 62.3 Å². The smallest absolute Gasteiger partial charge is 0.410 e. The van der Waals surface area contributed by atoms with E-state index < -0.39 is 5.60 Å². The summed E-state index contributed by atoms with van der Waals surface area (Å²) in [4.78, 5) is 43.6. The van der Waals surface area contributed by atoms with Crippen LogP contribution in [0.2, 0.25) is 0 Å². The molecule has 3 aromatic heterocycles. The fourth-order valence-corrected chi connectivity index (χ4v) is 5.50. The molecule has 4 heterocycles. The Kier molecular flexibility index (Phi) is 7.30. The molecule has 1 amide bonds. The number of pyridine rings is 2. The van der Waals surface area contributed by atoms with Crippen molar-refractivity contribution in [2.24, 2.45) is 0 Å². The van der Waals surface area contributed by atoms with E-state index in [0.717, 1.165) is 42.5 Å². The molecule has 11 heteroatoms. The number of hydrogen-bond donors (Lipinski definition) is 1. The Labute approximate surface area is 230 Å². The molecule has 0 radical (unpaired) electrons. The van der Waals surface area contributed by atoms with Crippen LogP contribution in [-0.2, 0) is 4.74 Å². The number of ether oxygens (including phenoxy) is 1. The van der Waals surface area contributed by atoms with Crippen molar-refractivity contribution in [1.82, 2.24) is 24.4 Å². The van der Waals surface area contributed by atoms with Gasteiger partial charge in [-0.3, -0.25) is 9.36 Å². The number of aryl methyl sites for hydroxylation is 1. The SMILES string of the molecule is Cc1c(Br)c(=O)n(C2CCCC2)c2nc(Nc3cccc(N4CCN(C(=O)OC(C)(C)C)CC4)n3)ncc12. The molecule has 10 nitrogen and oxygen atoms in total. The standard InChI is InChI=1S/C27H34BrN7O3/c1-17-19-16-29-25(32-23(19)35(24(36)22(17)28)18-8-5-6-9-18)31-20-10-7-11-21(30-20)33-12-14-34(15-13-33)26(37)38-27(2,3)4/h7,10-11,16,18H,5-6,8-9,12-15H2,1-4H3,(H,29,30,31,32). The quantitative estimate of drug-likeness (QED) is 0.448. The molecular weight excluding hydrogens is 550 g/mol. The number of nitrogens with zero attached hydrogens (tertiary/aromatic N) is 6. The summed E-state index contributed by atoms with van der Waals surface area (Å²) in [6.45, 7) is 9.97. The van der Waals surface area contributed by atoms with Gasteiger partial charge in [0.15, 0.2) is 0 Å². The third kappa shape index (κ3) is 5.48. The molecule has 2 aliphatic rings. The van der Waals surface area contributed by atoms with E-state index in [4.69, 9.17) is 14.7 Å². The molecule has 202 valence electrons. The van der Waals surface area contributed by atoms with Crippen molar-refractivity contribution < 1.29 is 9.53 Å². The predicted octanol–water partition coefficient (Wildman–Crippen LogP) is 5.17. The van der Waals surface area contributed by atoms with Crippen LogP contribution in [0.5, 0.6) is 0 Å². The van der Waals surface area contributed by atoms with Crippen molar-refractivity contribution in [3.05, 3.63) is 44.8 Å². The number of rotatable bonds is 4. The lowest BCUT2D eigenvalue weighted by Gasteiger charge is -2.36. The fraction of sp³-hybridized carbons (Fsp3) is 0.519.